The Kier molecular flexibility index (Phi) is 3.57. The van der Waals surface area contributed by atoms with Crippen molar-refractivity contribution in [2.24, 2.45) is 17.3 Å². The lowest BCUT2D eigenvalue weighted by molar-refractivity contribution is 0.150. The highest BCUT2D eigenvalue weighted by atomic mass is 14.8. The van der Waals surface area contributed by atoms with E-state index in [4.69, 9.17) is 0 Å². The van der Waals surface area contributed by atoms with Gasteiger partial charge in [-0.3, -0.25) is 0 Å². The van der Waals surface area contributed by atoms with E-state index >= 15 is 0 Å². The van der Waals surface area contributed by atoms with Crippen molar-refractivity contribution in [3.8, 4) is 0 Å². The molecule has 2 aromatic heterocycles. The molecule has 108 valence electrons. The van der Waals surface area contributed by atoms with Crippen molar-refractivity contribution in [2.45, 2.75) is 52.9 Å². The highest BCUT2D eigenvalue weighted by Gasteiger charge is 2.29. The Morgan fingerprint density at radius 1 is 1.20 bits per heavy atom. The van der Waals surface area contributed by atoms with Crippen LogP contribution in [-0.4, -0.2) is 9.97 Å². The van der Waals surface area contributed by atoms with Crippen LogP contribution in [0.25, 0.3) is 11.0 Å². The molecule has 0 bridgehead atoms. The van der Waals surface area contributed by atoms with Gasteiger partial charge in [-0.25, -0.2) is 4.98 Å². The number of rotatable bonds is 2. The molecule has 1 N–H and O–H groups in total. The van der Waals surface area contributed by atoms with Gasteiger partial charge in [0.2, 0.25) is 0 Å². The second-order valence-electron chi connectivity index (χ2n) is 7.50. The van der Waals surface area contributed by atoms with Crippen LogP contribution in [0.3, 0.4) is 0 Å². The predicted octanol–water partition coefficient (Wildman–Crippen LogP) is 4.96. The Morgan fingerprint density at radius 3 is 2.65 bits per heavy atom. The van der Waals surface area contributed by atoms with E-state index in [2.05, 4.69) is 43.0 Å². The van der Waals surface area contributed by atoms with Gasteiger partial charge in [-0.1, -0.05) is 20.8 Å². The Labute approximate surface area is 122 Å². The molecule has 0 radical (unpaired) electrons. The highest BCUT2D eigenvalue weighted by molar-refractivity contribution is 5.79. The first-order valence-electron chi connectivity index (χ1n) is 7.95. The van der Waals surface area contributed by atoms with E-state index in [9.17, 15) is 0 Å². The SMILES string of the molecule is CC(C)(C)C1CCC(Cc2c[nH]c3ncccc23)CC1. The van der Waals surface area contributed by atoms with Gasteiger partial charge in [0.1, 0.15) is 5.65 Å². The summed E-state index contributed by atoms with van der Waals surface area (Å²) >= 11 is 0. The van der Waals surface area contributed by atoms with E-state index in [-0.39, 0.29) is 0 Å². The van der Waals surface area contributed by atoms with Crippen molar-refractivity contribution in [1.29, 1.82) is 0 Å². The smallest absolute Gasteiger partial charge is 0.137 e. The first-order valence-corrected chi connectivity index (χ1v) is 7.95. The van der Waals surface area contributed by atoms with Crippen LogP contribution in [0, 0.1) is 17.3 Å². The van der Waals surface area contributed by atoms with Crippen LogP contribution in [0.2, 0.25) is 0 Å². The van der Waals surface area contributed by atoms with Crippen molar-refractivity contribution < 1.29 is 0 Å². The Balaban J connectivity index is 1.65. The van der Waals surface area contributed by atoms with Gasteiger partial charge < -0.3 is 4.98 Å². The van der Waals surface area contributed by atoms with Crippen LogP contribution in [0.4, 0.5) is 0 Å². The third-order valence-corrected chi connectivity index (χ3v) is 5.12. The summed E-state index contributed by atoms with van der Waals surface area (Å²) in [5.74, 6) is 1.76. The van der Waals surface area contributed by atoms with Gasteiger partial charge in [-0.2, -0.15) is 0 Å². The van der Waals surface area contributed by atoms with Crippen LogP contribution in [-0.2, 0) is 6.42 Å². The zero-order chi connectivity index (χ0) is 14.2. The van der Waals surface area contributed by atoms with Crippen molar-refractivity contribution in [3.63, 3.8) is 0 Å². The van der Waals surface area contributed by atoms with E-state index in [0.29, 0.717) is 5.41 Å². The van der Waals surface area contributed by atoms with Crippen LogP contribution in [0.5, 0.6) is 0 Å². The number of hydrogen-bond donors (Lipinski definition) is 1. The molecule has 0 atom stereocenters. The quantitative estimate of drug-likeness (QED) is 0.821. The molecular weight excluding hydrogens is 244 g/mol. The molecule has 1 aliphatic rings. The lowest BCUT2D eigenvalue weighted by Crippen LogP contribution is -2.26. The van der Waals surface area contributed by atoms with E-state index in [1.165, 1.54) is 43.1 Å². The number of nitrogens with one attached hydrogen (secondary N) is 1. The zero-order valence-corrected chi connectivity index (χ0v) is 12.9. The number of aromatic amines is 1. The Morgan fingerprint density at radius 2 is 1.95 bits per heavy atom. The maximum absolute atomic E-state index is 4.38. The van der Waals surface area contributed by atoms with Crippen LogP contribution < -0.4 is 0 Å². The molecular formula is C18H26N2. The van der Waals surface area contributed by atoms with Gasteiger partial charge in [-0.15, -0.1) is 0 Å². The monoisotopic (exact) mass is 270 g/mol. The summed E-state index contributed by atoms with van der Waals surface area (Å²) in [6, 6.07) is 4.23. The molecule has 0 saturated heterocycles. The fourth-order valence-corrected chi connectivity index (χ4v) is 3.73. The average Bonchev–Trinajstić information content (AvgIpc) is 2.82. The second kappa shape index (κ2) is 5.23. The number of H-pyrrole nitrogens is 1. The van der Waals surface area contributed by atoms with Gasteiger partial charge >= 0.3 is 0 Å². The van der Waals surface area contributed by atoms with Crippen molar-refractivity contribution in [2.75, 3.05) is 0 Å². The molecule has 0 spiro atoms. The summed E-state index contributed by atoms with van der Waals surface area (Å²) < 4.78 is 0. The van der Waals surface area contributed by atoms with Crippen LogP contribution in [0.15, 0.2) is 24.5 Å². The predicted molar refractivity (Wildman–Crippen MR) is 84.7 cm³/mol. The van der Waals surface area contributed by atoms with Crippen LogP contribution in [0.1, 0.15) is 52.0 Å². The summed E-state index contributed by atoms with van der Waals surface area (Å²) in [6.45, 7) is 7.18. The maximum atomic E-state index is 4.38. The molecule has 2 aromatic rings. The third kappa shape index (κ3) is 2.74. The normalized spacial score (nSPS) is 24.1. The molecule has 3 rings (SSSR count). The minimum absolute atomic E-state index is 0.482. The molecule has 1 fully saturated rings. The largest absolute Gasteiger partial charge is 0.346 e. The Hall–Kier alpha value is -1.31. The molecule has 0 aliphatic heterocycles. The summed E-state index contributed by atoms with van der Waals surface area (Å²) in [5, 5.41) is 1.31. The summed E-state index contributed by atoms with van der Waals surface area (Å²) in [4.78, 5) is 7.68. The molecule has 2 heteroatoms. The van der Waals surface area contributed by atoms with E-state index in [1.807, 2.05) is 12.3 Å². The van der Waals surface area contributed by atoms with E-state index in [1.54, 1.807) is 0 Å². The van der Waals surface area contributed by atoms with E-state index in [0.717, 1.165) is 17.5 Å². The maximum Gasteiger partial charge on any atom is 0.137 e. The van der Waals surface area contributed by atoms with Crippen molar-refractivity contribution in [3.05, 3.63) is 30.1 Å². The van der Waals surface area contributed by atoms with E-state index < -0.39 is 0 Å². The lowest BCUT2D eigenvalue weighted by atomic mass is 9.69. The van der Waals surface area contributed by atoms with Crippen molar-refractivity contribution in [1.82, 2.24) is 9.97 Å². The van der Waals surface area contributed by atoms with Gasteiger partial charge in [0.25, 0.3) is 0 Å². The van der Waals surface area contributed by atoms with Gasteiger partial charge in [0.05, 0.1) is 0 Å². The standard InChI is InChI=1S/C18H26N2/c1-18(2,3)15-8-6-13(7-9-15)11-14-12-20-17-16(14)5-4-10-19-17/h4-5,10,12-13,15H,6-9,11H2,1-3H3,(H,19,20). The van der Waals surface area contributed by atoms with Gasteiger partial charge in [0, 0.05) is 17.8 Å². The summed E-state index contributed by atoms with van der Waals surface area (Å²) in [6.07, 6.45) is 10.8. The molecule has 20 heavy (non-hydrogen) atoms. The molecule has 0 aromatic carbocycles. The summed E-state index contributed by atoms with van der Waals surface area (Å²) in [5.41, 5.74) is 2.97. The van der Waals surface area contributed by atoms with Gasteiger partial charge in [0.15, 0.2) is 0 Å². The number of fused-ring (bicyclic) bond motifs is 1. The zero-order valence-electron chi connectivity index (χ0n) is 12.9. The minimum Gasteiger partial charge on any atom is -0.346 e. The third-order valence-electron chi connectivity index (χ3n) is 5.12. The molecule has 2 nitrogen and oxygen atoms in total. The van der Waals surface area contributed by atoms with Crippen molar-refractivity contribution >= 4 is 11.0 Å². The number of hydrogen-bond acceptors (Lipinski definition) is 1. The first-order chi connectivity index (χ1) is 9.54. The molecule has 1 aliphatic carbocycles. The van der Waals surface area contributed by atoms with Crippen LogP contribution >= 0.6 is 0 Å². The Bertz CT molecular complexity index is 568. The summed E-state index contributed by atoms with van der Waals surface area (Å²) in [7, 11) is 0. The highest BCUT2D eigenvalue weighted by Crippen LogP contribution is 2.40. The number of pyridine rings is 1. The molecule has 2 heterocycles. The molecule has 0 amide bonds. The number of nitrogens with zero attached hydrogens (tertiary/aromatic N) is 1. The molecule has 0 unspecified atom stereocenters. The average molecular weight is 270 g/mol. The second-order valence-corrected chi connectivity index (χ2v) is 7.50. The van der Waals surface area contributed by atoms with Gasteiger partial charge in [-0.05, 0) is 67.1 Å². The number of aromatic nitrogens is 2. The lowest BCUT2D eigenvalue weighted by Gasteiger charge is -2.37. The minimum atomic E-state index is 0.482. The fourth-order valence-electron chi connectivity index (χ4n) is 3.73. The topological polar surface area (TPSA) is 28.7 Å². The first kappa shape index (κ1) is 13.7. The molecule has 1 saturated carbocycles. The fraction of sp³-hybridized carbons (Fsp3) is 0.611.